The lowest BCUT2D eigenvalue weighted by atomic mass is 9.95. The third-order valence-electron chi connectivity index (χ3n) is 3.88. The Morgan fingerprint density at radius 2 is 1.80 bits per heavy atom. The molecule has 3 aromatic rings. The zero-order valence-electron chi connectivity index (χ0n) is 11.8. The van der Waals surface area contributed by atoms with Crippen molar-refractivity contribution in [3.63, 3.8) is 0 Å². The summed E-state index contributed by atoms with van der Waals surface area (Å²) >= 11 is 0. The van der Waals surface area contributed by atoms with Gasteiger partial charge in [0.2, 0.25) is 0 Å². The average molecular weight is 267 g/mol. The molecule has 0 aliphatic heterocycles. The molecule has 0 amide bonds. The number of pyridine rings is 1. The van der Waals surface area contributed by atoms with Gasteiger partial charge in [0.25, 0.3) is 0 Å². The average Bonchev–Trinajstić information content (AvgIpc) is 2.71. The molecule has 0 bridgehead atoms. The standard InChI is InChI=1S/C17H17NO2/c1-10-11(2)20-12(3)16(10)17(19)15-9-18-8-13-6-4-5-7-14(13)15/h4-9,17,19H,1-3H3. The number of aromatic nitrogens is 1. The zero-order chi connectivity index (χ0) is 14.3. The lowest BCUT2D eigenvalue weighted by Gasteiger charge is -2.14. The van der Waals surface area contributed by atoms with Crippen molar-refractivity contribution in [1.29, 1.82) is 0 Å². The van der Waals surface area contributed by atoms with E-state index in [4.69, 9.17) is 4.42 Å². The number of furan rings is 1. The number of aliphatic hydroxyl groups excluding tert-OH is 1. The molecule has 1 unspecified atom stereocenters. The fourth-order valence-corrected chi connectivity index (χ4v) is 2.73. The largest absolute Gasteiger partial charge is 0.466 e. The van der Waals surface area contributed by atoms with E-state index in [1.807, 2.05) is 51.2 Å². The third-order valence-corrected chi connectivity index (χ3v) is 3.88. The van der Waals surface area contributed by atoms with Gasteiger partial charge in [0.15, 0.2) is 0 Å². The molecule has 0 radical (unpaired) electrons. The van der Waals surface area contributed by atoms with Crippen LogP contribution in [-0.4, -0.2) is 10.1 Å². The number of rotatable bonds is 2. The predicted molar refractivity (Wildman–Crippen MR) is 78.7 cm³/mol. The Kier molecular flexibility index (Phi) is 3.07. The summed E-state index contributed by atoms with van der Waals surface area (Å²) in [4.78, 5) is 4.23. The van der Waals surface area contributed by atoms with Crippen molar-refractivity contribution >= 4 is 10.8 Å². The summed E-state index contributed by atoms with van der Waals surface area (Å²) in [5.41, 5.74) is 2.67. The number of hydrogen-bond acceptors (Lipinski definition) is 3. The van der Waals surface area contributed by atoms with E-state index >= 15 is 0 Å². The molecule has 3 heteroatoms. The van der Waals surface area contributed by atoms with Gasteiger partial charge < -0.3 is 9.52 Å². The van der Waals surface area contributed by atoms with E-state index < -0.39 is 6.10 Å². The minimum atomic E-state index is -0.717. The minimum Gasteiger partial charge on any atom is -0.466 e. The zero-order valence-corrected chi connectivity index (χ0v) is 11.8. The van der Waals surface area contributed by atoms with E-state index in [2.05, 4.69) is 4.98 Å². The highest BCUT2D eigenvalue weighted by atomic mass is 16.3. The number of nitrogens with zero attached hydrogens (tertiary/aromatic N) is 1. The van der Waals surface area contributed by atoms with Gasteiger partial charge >= 0.3 is 0 Å². The van der Waals surface area contributed by atoms with Crippen molar-refractivity contribution in [2.24, 2.45) is 0 Å². The lowest BCUT2D eigenvalue weighted by molar-refractivity contribution is 0.218. The van der Waals surface area contributed by atoms with Gasteiger partial charge in [-0.05, 0) is 31.7 Å². The van der Waals surface area contributed by atoms with Crippen LogP contribution in [0.1, 0.15) is 34.3 Å². The SMILES string of the molecule is Cc1oc(C)c(C(O)c2cncc3ccccc23)c1C. The molecular weight excluding hydrogens is 250 g/mol. The van der Waals surface area contributed by atoms with Crippen LogP contribution in [0.5, 0.6) is 0 Å². The molecule has 1 atom stereocenters. The van der Waals surface area contributed by atoms with E-state index in [0.717, 1.165) is 39.0 Å². The van der Waals surface area contributed by atoms with Crippen LogP contribution < -0.4 is 0 Å². The van der Waals surface area contributed by atoms with Gasteiger partial charge in [-0.15, -0.1) is 0 Å². The predicted octanol–water partition coefficient (Wildman–Crippen LogP) is 3.83. The molecule has 20 heavy (non-hydrogen) atoms. The van der Waals surface area contributed by atoms with Gasteiger partial charge in [-0.1, -0.05) is 24.3 Å². The van der Waals surface area contributed by atoms with Gasteiger partial charge in [0, 0.05) is 28.9 Å². The van der Waals surface area contributed by atoms with Crippen LogP contribution in [0.25, 0.3) is 10.8 Å². The Morgan fingerprint density at radius 1 is 1.05 bits per heavy atom. The number of benzene rings is 1. The molecule has 102 valence electrons. The molecule has 0 aliphatic rings. The second-order valence-corrected chi connectivity index (χ2v) is 5.11. The Morgan fingerprint density at radius 3 is 2.50 bits per heavy atom. The van der Waals surface area contributed by atoms with Crippen molar-refractivity contribution in [2.75, 3.05) is 0 Å². The van der Waals surface area contributed by atoms with Crippen LogP contribution in [0.3, 0.4) is 0 Å². The summed E-state index contributed by atoms with van der Waals surface area (Å²) in [6.45, 7) is 5.78. The molecule has 1 aromatic carbocycles. The van der Waals surface area contributed by atoms with Gasteiger partial charge in [0.1, 0.15) is 17.6 Å². The molecule has 0 saturated heterocycles. The maximum absolute atomic E-state index is 10.8. The topological polar surface area (TPSA) is 46.3 Å². The highest BCUT2D eigenvalue weighted by Gasteiger charge is 2.22. The van der Waals surface area contributed by atoms with Crippen molar-refractivity contribution in [2.45, 2.75) is 26.9 Å². The Balaban J connectivity index is 2.20. The Labute approximate surface area is 117 Å². The van der Waals surface area contributed by atoms with Crippen LogP contribution in [0.2, 0.25) is 0 Å². The van der Waals surface area contributed by atoms with E-state index in [-0.39, 0.29) is 0 Å². The summed E-state index contributed by atoms with van der Waals surface area (Å²) in [5, 5.41) is 12.8. The molecule has 3 rings (SSSR count). The number of hydrogen-bond donors (Lipinski definition) is 1. The smallest absolute Gasteiger partial charge is 0.110 e. The molecule has 0 saturated carbocycles. The highest BCUT2D eigenvalue weighted by molar-refractivity contribution is 5.85. The van der Waals surface area contributed by atoms with Gasteiger partial charge in [-0.3, -0.25) is 4.98 Å². The summed E-state index contributed by atoms with van der Waals surface area (Å²) in [5.74, 6) is 1.62. The number of fused-ring (bicyclic) bond motifs is 1. The minimum absolute atomic E-state index is 0.717. The third kappa shape index (κ3) is 1.91. The van der Waals surface area contributed by atoms with Crippen LogP contribution in [0.15, 0.2) is 41.1 Å². The van der Waals surface area contributed by atoms with Crippen molar-refractivity contribution in [1.82, 2.24) is 4.98 Å². The fourth-order valence-electron chi connectivity index (χ4n) is 2.73. The summed E-state index contributed by atoms with van der Waals surface area (Å²) < 4.78 is 5.62. The Hall–Kier alpha value is -2.13. The van der Waals surface area contributed by atoms with Crippen LogP contribution in [0.4, 0.5) is 0 Å². The molecule has 1 N–H and O–H groups in total. The molecule has 0 spiro atoms. The summed E-state index contributed by atoms with van der Waals surface area (Å²) in [6, 6.07) is 7.95. The lowest BCUT2D eigenvalue weighted by Crippen LogP contribution is -2.03. The summed E-state index contributed by atoms with van der Waals surface area (Å²) in [6.07, 6.45) is 2.83. The maximum Gasteiger partial charge on any atom is 0.110 e. The van der Waals surface area contributed by atoms with E-state index in [1.165, 1.54) is 0 Å². The van der Waals surface area contributed by atoms with Crippen LogP contribution >= 0.6 is 0 Å². The van der Waals surface area contributed by atoms with E-state index in [9.17, 15) is 5.11 Å². The van der Waals surface area contributed by atoms with Gasteiger partial charge in [-0.25, -0.2) is 0 Å². The van der Waals surface area contributed by atoms with E-state index in [1.54, 1.807) is 6.20 Å². The number of aliphatic hydroxyl groups is 1. The fraction of sp³-hybridized carbons (Fsp3) is 0.235. The van der Waals surface area contributed by atoms with Gasteiger partial charge in [-0.2, -0.15) is 0 Å². The van der Waals surface area contributed by atoms with Crippen LogP contribution in [-0.2, 0) is 0 Å². The monoisotopic (exact) mass is 267 g/mol. The second-order valence-electron chi connectivity index (χ2n) is 5.11. The first-order valence-corrected chi connectivity index (χ1v) is 6.66. The molecule has 0 aliphatic carbocycles. The van der Waals surface area contributed by atoms with Crippen molar-refractivity contribution in [3.05, 3.63) is 64.9 Å². The molecule has 3 nitrogen and oxygen atoms in total. The molecule has 2 aromatic heterocycles. The Bertz CT molecular complexity index is 769. The molecular formula is C17H17NO2. The van der Waals surface area contributed by atoms with Crippen molar-refractivity contribution in [3.8, 4) is 0 Å². The van der Waals surface area contributed by atoms with Gasteiger partial charge in [0.05, 0.1) is 0 Å². The van der Waals surface area contributed by atoms with E-state index in [0.29, 0.717) is 0 Å². The highest BCUT2D eigenvalue weighted by Crippen LogP contribution is 2.34. The summed E-state index contributed by atoms with van der Waals surface area (Å²) in [7, 11) is 0. The van der Waals surface area contributed by atoms with Crippen LogP contribution in [0, 0.1) is 20.8 Å². The first-order chi connectivity index (χ1) is 9.59. The number of aryl methyl sites for hydroxylation is 2. The molecule has 2 heterocycles. The first-order valence-electron chi connectivity index (χ1n) is 6.66. The van der Waals surface area contributed by atoms with Crippen molar-refractivity contribution < 1.29 is 9.52 Å². The maximum atomic E-state index is 10.8. The quantitative estimate of drug-likeness (QED) is 0.767. The first kappa shape index (κ1) is 12.9. The second kappa shape index (κ2) is 4.76. The molecule has 0 fully saturated rings. The normalized spacial score (nSPS) is 12.8.